The number of benzene rings is 2. The number of para-hydroxylation sites is 1. The SMILES string of the molecule is C#CC1(C(=O)OC)Cn2cc(C(=O)C(F)(F)F)c3cccc(c32)C1CC(=O)c1cccc(C)c1. The Bertz CT molecular complexity index is 1380. The molecule has 174 valence electrons. The number of esters is 1. The number of hydrogen-bond acceptors (Lipinski definition) is 4. The predicted molar refractivity (Wildman–Crippen MR) is 118 cm³/mol. The van der Waals surface area contributed by atoms with Gasteiger partial charge in [-0.05, 0) is 18.6 Å². The summed E-state index contributed by atoms with van der Waals surface area (Å²) in [5.41, 5.74) is -0.145. The standard InChI is InChI=1S/C26H20F3NO4/c1-4-25(24(33)34-3)14-30-13-19(23(32)26(27,28)29)17-9-6-10-18(22(17)30)20(25)12-21(31)16-8-5-7-15(2)11-16/h1,5-11,13,20H,12,14H2,2-3H3. The number of carbonyl (C=O) groups excluding carboxylic acids is 3. The maximum atomic E-state index is 13.3. The van der Waals surface area contributed by atoms with E-state index in [0.29, 0.717) is 16.6 Å². The van der Waals surface area contributed by atoms with Crippen molar-refractivity contribution in [3.63, 3.8) is 0 Å². The molecule has 0 saturated carbocycles. The smallest absolute Gasteiger partial charge is 0.454 e. The van der Waals surface area contributed by atoms with Crippen LogP contribution >= 0.6 is 0 Å². The van der Waals surface area contributed by atoms with Crippen molar-refractivity contribution in [2.24, 2.45) is 5.41 Å². The number of aromatic nitrogens is 1. The second kappa shape index (κ2) is 8.17. The van der Waals surface area contributed by atoms with Crippen LogP contribution in [0.3, 0.4) is 0 Å². The molecule has 4 rings (SSSR count). The summed E-state index contributed by atoms with van der Waals surface area (Å²) >= 11 is 0. The van der Waals surface area contributed by atoms with E-state index in [1.54, 1.807) is 24.3 Å². The van der Waals surface area contributed by atoms with Crippen LogP contribution in [-0.2, 0) is 16.1 Å². The first kappa shape index (κ1) is 23.3. The summed E-state index contributed by atoms with van der Waals surface area (Å²) in [5, 5.41) is 0.0864. The molecule has 0 amide bonds. The van der Waals surface area contributed by atoms with Crippen molar-refractivity contribution in [3.05, 3.63) is 70.9 Å². The Hall–Kier alpha value is -3.86. The summed E-state index contributed by atoms with van der Waals surface area (Å²) < 4.78 is 46.1. The zero-order chi connectivity index (χ0) is 24.8. The number of methoxy groups -OCH3 is 1. The molecule has 2 aromatic carbocycles. The largest absolute Gasteiger partial charge is 0.468 e. The first-order valence-electron chi connectivity index (χ1n) is 10.4. The molecule has 1 aliphatic heterocycles. The van der Waals surface area contributed by atoms with Crippen molar-refractivity contribution >= 4 is 28.4 Å². The van der Waals surface area contributed by atoms with Crippen molar-refractivity contribution in [2.75, 3.05) is 7.11 Å². The fraction of sp³-hybridized carbons (Fsp3) is 0.269. The molecule has 0 aliphatic carbocycles. The van der Waals surface area contributed by atoms with Gasteiger partial charge in [-0.25, -0.2) is 0 Å². The lowest BCUT2D eigenvalue weighted by molar-refractivity contribution is -0.151. The molecular formula is C26H20F3NO4. The van der Waals surface area contributed by atoms with Gasteiger partial charge in [0.15, 0.2) is 11.2 Å². The Morgan fingerprint density at radius 2 is 1.91 bits per heavy atom. The Labute approximate surface area is 193 Å². The molecule has 34 heavy (non-hydrogen) atoms. The minimum Gasteiger partial charge on any atom is -0.468 e. The third kappa shape index (κ3) is 3.58. The van der Waals surface area contributed by atoms with Crippen molar-refractivity contribution in [1.82, 2.24) is 4.57 Å². The predicted octanol–water partition coefficient (Wildman–Crippen LogP) is 4.86. The molecule has 5 nitrogen and oxygen atoms in total. The summed E-state index contributed by atoms with van der Waals surface area (Å²) in [4.78, 5) is 38.3. The monoisotopic (exact) mass is 467 g/mol. The molecule has 0 bridgehead atoms. The molecule has 8 heteroatoms. The highest BCUT2D eigenvalue weighted by Crippen LogP contribution is 2.49. The highest BCUT2D eigenvalue weighted by Gasteiger charge is 2.51. The maximum absolute atomic E-state index is 13.3. The molecule has 2 heterocycles. The van der Waals surface area contributed by atoms with Gasteiger partial charge in [0.2, 0.25) is 0 Å². The van der Waals surface area contributed by atoms with E-state index in [9.17, 15) is 27.6 Å². The van der Waals surface area contributed by atoms with E-state index >= 15 is 0 Å². The minimum atomic E-state index is -5.07. The number of ketones is 2. The van der Waals surface area contributed by atoms with Gasteiger partial charge in [0.25, 0.3) is 5.78 Å². The number of hydrogen-bond donors (Lipinski definition) is 0. The number of carbonyl (C=O) groups is 3. The zero-order valence-corrected chi connectivity index (χ0v) is 18.4. The van der Waals surface area contributed by atoms with Gasteiger partial charge in [0.05, 0.1) is 24.7 Å². The van der Waals surface area contributed by atoms with E-state index in [2.05, 4.69) is 5.92 Å². The summed E-state index contributed by atoms with van der Waals surface area (Å²) in [6, 6.07) is 11.5. The van der Waals surface area contributed by atoms with Crippen LogP contribution in [0.15, 0.2) is 48.7 Å². The van der Waals surface area contributed by atoms with Gasteiger partial charge in [-0.1, -0.05) is 47.9 Å². The molecule has 0 spiro atoms. The van der Waals surface area contributed by atoms with Crippen molar-refractivity contribution in [3.8, 4) is 12.3 Å². The first-order chi connectivity index (χ1) is 16.0. The molecule has 0 N–H and O–H groups in total. The number of ether oxygens (including phenoxy) is 1. The van der Waals surface area contributed by atoms with Gasteiger partial charge < -0.3 is 9.30 Å². The minimum absolute atomic E-state index is 0.0864. The quantitative estimate of drug-likeness (QED) is 0.306. The normalized spacial score (nSPS) is 19.5. The lowest BCUT2D eigenvalue weighted by atomic mass is 9.67. The summed E-state index contributed by atoms with van der Waals surface area (Å²) in [6.07, 6.45) is 1.66. The van der Waals surface area contributed by atoms with Crippen LogP contribution in [0.5, 0.6) is 0 Å². The van der Waals surface area contributed by atoms with Crippen molar-refractivity contribution < 1.29 is 32.3 Å². The molecular weight excluding hydrogens is 447 g/mol. The summed E-state index contributed by atoms with van der Waals surface area (Å²) in [5.74, 6) is -1.44. The fourth-order valence-electron chi connectivity index (χ4n) is 4.77. The van der Waals surface area contributed by atoms with E-state index in [-0.39, 0.29) is 24.1 Å². The Kier molecular flexibility index (Phi) is 5.60. The highest BCUT2D eigenvalue weighted by atomic mass is 19.4. The molecule has 2 atom stereocenters. The Morgan fingerprint density at radius 1 is 1.21 bits per heavy atom. The van der Waals surface area contributed by atoms with Crippen LogP contribution in [-0.4, -0.2) is 35.4 Å². The van der Waals surface area contributed by atoms with E-state index in [1.165, 1.54) is 16.7 Å². The average Bonchev–Trinajstić information content (AvgIpc) is 3.18. The van der Waals surface area contributed by atoms with Crippen LogP contribution < -0.4 is 0 Å². The zero-order valence-electron chi connectivity index (χ0n) is 18.4. The first-order valence-corrected chi connectivity index (χ1v) is 10.4. The molecule has 2 unspecified atom stereocenters. The Balaban J connectivity index is 1.92. The molecule has 0 radical (unpaired) electrons. The number of halogens is 3. The number of aryl methyl sites for hydroxylation is 1. The fourth-order valence-corrected chi connectivity index (χ4v) is 4.77. The second-order valence-electron chi connectivity index (χ2n) is 8.40. The van der Waals surface area contributed by atoms with E-state index in [4.69, 9.17) is 11.2 Å². The van der Waals surface area contributed by atoms with Crippen LogP contribution in [0, 0.1) is 24.7 Å². The highest BCUT2D eigenvalue weighted by molar-refractivity contribution is 6.11. The molecule has 1 aromatic heterocycles. The number of alkyl halides is 3. The summed E-state index contributed by atoms with van der Waals surface area (Å²) in [6.45, 7) is 1.60. The van der Waals surface area contributed by atoms with Gasteiger partial charge in [-0.3, -0.25) is 14.4 Å². The van der Waals surface area contributed by atoms with Crippen LogP contribution in [0.4, 0.5) is 13.2 Å². The van der Waals surface area contributed by atoms with Gasteiger partial charge in [0.1, 0.15) is 0 Å². The third-order valence-corrected chi connectivity index (χ3v) is 6.36. The van der Waals surface area contributed by atoms with Crippen molar-refractivity contribution in [1.29, 1.82) is 0 Å². The molecule has 0 fully saturated rings. The third-order valence-electron chi connectivity index (χ3n) is 6.36. The number of rotatable bonds is 5. The Morgan fingerprint density at radius 3 is 2.53 bits per heavy atom. The van der Waals surface area contributed by atoms with E-state index in [1.807, 2.05) is 13.0 Å². The van der Waals surface area contributed by atoms with Gasteiger partial charge in [0, 0.05) is 29.5 Å². The van der Waals surface area contributed by atoms with Gasteiger partial charge >= 0.3 is 12.1 Å². The van der Waals surface area contributed by atoms with E-state index < -0.39 is 34.8 Å². The summed E-state index contributed by atoms with van der Waals surface area (Å²) in [7, 11) is 1.16. The molecule has 0 saturated heterocycles. The topological polar surface area (TPSA) is 65.4 Å². The van der Waals surface area contributed by atoms with Crippen LogP contribution in [0.25, 0.3) is 10.9 Å². The maximum Gasteiger partial charge on any atom is 0.454 e. The number of nitrogens with zero attached hydrogens (tertiary/aromatic N) is 1. The van der Waals surface area contributed by atoms with Gasteiger partial charge in [-0.15, -0.1) is 6.42 Å². The van der Waals surface area contributed by atoms with Crippen LogP contribution in [0.1, 0.15) is 44.2 Å². The van der Waals surface area contributed by atoms with Gasteiger partial charge in [-0.2, -0.15) is 13.2 Å². The molecule has 1 aliphatic rings. The van der Waals surface area contributed by atoms with E-state index in [0.717, 1.165) is 18.9 Å². The number of Topliss-reactive ketones (excluding diaryl/α,β-unsaturated/α-hetero) is 2. The van der Waals surface area contributed by atoms with Crippen LogP contribution in [0.2, 0.25) is 0 Å². The lowest BCUT2D eigenvalue weighted by Crippen LogP contribution is -2.44. The van der Waals surface area contributed by atoms with Crippen molar-refractivity contribution in [2.45, 2.75) is 32.0 Å². The number of terminal acetylenes is 1. The lowest BCUT2D eigenvalue weighted by Gasteiger charge is -2.38. The second-order valence-corrected chi connectivity index (χ2v) is 8.40. The average molecular weight is 467 g/mol. The molecule has 3 aromatic rings.